The molecule has 4 aromatic carbocycles. The molecule has 4 aromatic rings. The van der Waals surface area contributed by atoms with Crippen molar-refractivity contribution in [3.05, 3.63) is 70.7 Å². The van der Waals surface area contributed by atoms with Crippen LogP contribution in [0.3, 0.4) is 0 Å². The van der Waals surface area contributed by atoms with Gasteiger partial charge in [-0.3, -0.25) is 0 Å². The first kappa shape index (κ1) is 24.0. The molecule has 7 nitrogen and oxygen atoms in total. The Balaban J connectivity index is 2.07. The number of amides is 2. The molecule has 0 spiro atoms. The van der Waals surface area contributed by atoms with Gasteiger partial charge in [-0.2, -0.15) is 5.26 Å². The number of fused-ring (bicyclic) bond motifs is 2. The molecule has 2 amide bonds. The Hall–Kier alpha value is -4.09. The highest BCUT2D eigenvalue weighted by Gasteiger charge is 2.22. The van der Waals surface area contributed by atoms with Crippen molar-refractivity contribution >= 4 is 49.7 Å². The molecule has 0 aliphatic carbocycles. The van der Waals surface area contributed by atoms with E-state index in [0.717, 1.165) is 26.0 Å². The van der Waals surface area contributed by atoms with Gasteiger partial charge in [-0.05, 0) is 71.8 Å². The monoisotopic (exact) mass is 531 g/mol. The molecule has 0 aromatic heterocycles. The maximum atomic E-state index is 12.4. The topological polar surface area (TPSA) is 100 Å². The average molecular weight is 532 g/mol. The van der Waals surface area contributed by atoms with Crippen LogP contribution >= 0.6 is 15.9 Å². The second-order valence-electron chi connectivity index (χ2n) is 7.63. The SMILES string of the molecule is CCNC(=O)Oc1ccc2cc(Br)ccc2c1-c1c(OC(=O)NCC)ccc2cc(C#N)ccc12. The molecule has 0 aliphatic heterocycles. The van der Waals surface area contributed by atoms with Gasteiger partial charge in [0.25, 0.3) is 0 Å². The number of halogens is 1. The Kier molecular flexibility index (Phi) is 7.18. The van der Waals surface area contributed by atoms with Crippen LogP contribution in [0.1, 0.15) is 19.4 Å². The lowest BCUT2D eigenvalue weighted by molar-refractivity contribution is 0.199. The van der Waals surface area contributed by atoms with E-state index in [1.54, 1.807) is 50.2 Å². The molecule has 4 rings (SSSR count). The second-order valence-corrected chi connectivity index (χ2v) is 8.55. The summed E-state index contributed by atoms with van der Waals surface area (Å²) in [6, 6.07) is 20.2. The maximum Gasteiger partial charge on any atom is 0.412 e. The van der Waals surface area contributed by atoms with Crippen LogP contribution < -0.4 is 20.1 Å². The third-order valence-electron chi connectivity index (χ3n) is 5.35. The van der Waals surface area contributed by atoms with Crippen LogP contribution in [0.5, 0.6) is 11.5 Å². The first-order valence-electron chi connectivity index (χ1n) is 11.1. The second kappa shape index (κ2) is 10.5. The molecule has 0 bridgehead atoms. The lowest BCUT2D eigenvalue weighted by atomic mass is 9.91. The molecule has 0 saturated heterocycles. The molecule has 0 unspecified atom stereocenters. The summed E-state index contributed by atoms with van der Waals surface area (Å²) in [4.78, 5) is 24.8. The number of nitrogens with zero attached hydrogens (tertiary/aromatic N) is 1. The number of rotatable bonds is 5. The Morgan fingerprint density at radius 3 is 1.83 bits per heavy atom. The Bertz CT molecular complexity index is 1490. The quantitative estimate of drug-likeness (QED) is 0.305. The standard InChI is InChI=1S/C27H22BrN3O4/c1-3-30-26(32)34-22-11-6-17-13-16(15-29)5-9-20(17)24(22)25-21-10-8-19(28)14-18(21)7-12-23(25)35-27(33)31-4-2/h5-14H,3-4H2,1-2H3,(H,30,32)(H,31,33). The molecule has 0 fully saturated rings. The predicted molar refractivity (Wildman–Crippen MR) is 139 cm³/mol. The van der Waals surface area contributed by atoms with Crippen LogP contribution in [0.25, 0.3) is 32.7 Å². The molecule has 8 heteroatoms. The van der Waals surface area contributed by atoms with Gasteiger partial charge in [0, 0.05) is 28.7 Å². The predicted octanol–water partition coefficient (Wildman–Crippen LogP) is 6.51. The van der Waals surface area contributed by atoms with E-state index in [-0.39, 0.29) is 0 Å². The van der Waals surface area contributed by atoms with Gasteiger partial charge in [-0.15, -0.1) is 0 Å². The summed E-state index contributed by atoms with van der Waals surface area (Å²) >= 11 is 3.51. The molecule has 176 valence electrons. The molecule has 0 saturated carbocycles. The van der Waals surface area contributed by atoms with Crippen molar-refractivity contribution in [3.8, 4) is 28.7 Å². The van der Waals surface area contributed by atoms with Crippen LogP contribution in [0, 0.1) is 11.3 Å². The highest BCUT2D eigenvalue weighted by molar-refractivity contribution is 9.10. The van der Waals surface area contributed by atoms with Gasteiger partial charge >= 0.3 is 12.2 Å². The van der Waals surface area contributed by atoms with Crippen LogP contribution in [-0.4, -0.2) is 25.3 Å². The molecule has 0 atom stereocenters. The van der Waals surface area contributed by atoms with E-state index in [4.69, 9.17) is 9.47 Å². The van der Waals surface area contributed by atoms with Crippen molar-refractivity contribution in [1.82, 2.24) is 10.6 Å². The summed E-state index contributed by atoms with van der Waals surface area (Å²) in [6.07, 6.45) is -1.20. The normalized spacial score (nSPS) is 10.6. The zero-order chi connectivity index (χ0) is 24.9. The summed E-state index contributed by atoms with van der Waals surface area (Å²) in [6.45, 7) is 4.41. The minimum Gasteiger partial charge on any atom is -0.410 e. The van der Waals surface area contributed by atoms with Gasteiger partial charge in [-0.25, -0.2) is 9.59 Å². The molecular formula is C27H22BrN3O4. The number of carbonyl (C=O) groups is 2. The number of hydrogen-bond acceptors (Lipinski definition) is 5. The molecular weight excluding hydrogens is 510 g/mol. The van der Waals surface area contributed by atoms with Crippen LogP contribution in [0.15, 0.2) is 65.1 Å². The van der Waals surface area contributed by atoms with Crippen molar-refractivity contribution < 1.29 is 19.1 Å². The van der Waals surface area contributed by atoms with Gasteiger partial charge < -0.3 is 20.1 Å². The van der Waals surface area contributed by atoms with Crippen molar-refractivity contribution in [1.29, 1.82) is 5.26 Å². The minimum absolute atomic E-state index is 0.296. The molecule has 0 heterocycles. The lowest BCUT2D eigenvalue weighted by Crippen LogP contribution is -2.27. The van der Waals surface area contributed by atoms with Gasteiger partial charge in [0.1, 0.15) is 11.5 Å². The van der Waals surface area contributed by atoms with E-state index in [9.17, 15) is 14.9 Å². The molecule has 35 heavy (non-hydrogen) atoms. The number of nitriles is 1. The van der Waals surface area contributed by atoms with Gasteiger partial charge in [0.2, 0.25) is 0 Å². The summed E-state index contributed by atoms with van der Waals surface area (Å²) in [5.41, 5.74) is 1.67. The first-order chi connectivity index (χ1) is 16.9. The first-order valence-corrected chi connectivity index (χ1v) is 11.8. The zero-order valence-corrected chi connectivity index (χ0v) is 20.7. The summed E-state index contributed by atoms with van der Waals surface area (Å²) in [7, 11) is 0. The number of hydrogen-bond donors (Lipinski definition) is 2. The van der Waals surface area contributed by atoms with E-state index < -0.39 is 12.2 Å². The number of carbonyl (C=O) groups excluding carboxylic acids is 2. The summed E-state index contributed by atoms with van der Waals surface area (Å²) in [5.74, 6) is 0.604. The Morgan fingerprint density at radius 2 is 1.31 bits per heavy atom. The lowest BCUT2D eigenvalue weighted by Gasteiger charge is -2.19. The molecule has 0 radical (unpaired) electrons. The van der Waals surface area contributed by atoms with E-state index in [0.29, 0.717) is 41.3 Å². The summed E-state index contributed by atoms with van der Waals surface area (Å²) in [5, 5.41) is 17.9. The fourth-order valence-corrected chi connectivity index (χ4v) is 4.29. The summed E-state index contributed by atoms with van der Waals surface area (Å²) < 4.78 is 12.3. The molecule has 0 aliphatic rings. The number of ether oxygens (including phenoxy) is 2. The van der Waals surface area contributed by atoms with E-state index in [1.807, 2.05) is 24.3 Å². The van der Waals surface area contributed by atoms with Crippen molar-refractivity contribution in [2.45, 2.75) is 13.8 Å². The van der Waals surface area contributed by atoms with Gasteiger partial charge in [-0.1, -0.05) is 40.2 Å². The highest BCUT2D eigenvalue weighted by atomic mass is 79.9. The fraction of sp³-hybridized carbons (Fsp3) is 0.148. The third-order valence-corrected chi connectivity index (χ3v) is 5.85. The van der Waals surface area contributed by atoms with Crippen molar-refractivity contribution in [2.24, 2.45) is 0 Å². The number of benzene rings is 4. The van der Waals surface area contributed by atoms with E-state index in [2.05, 4.69) is 32.6 Å². The van der Waals surface area contributed by atoms with Crippen LogP contribution in [0.4, 0.5) is 9.59 Å². The van der Waals surface area contributed by atoms with Gasteiger partial charge in [0.15, 0.2) is 0 Å². The third kappa shape index (κ3) is 5.05. The highest BCUT2D eigenvalue weighted by Crippen LogP contribution is 2.46. The maximum absolute atomic E-state index is 12.4. The average Bonchev–Trinajstić information content (AvgIpc) is 2.84. The Morgan fingerprint density at radius 1 is 0.800 bits per heavy atom. The van der Waals surface area contributed by atoms with Crippen LogP contribution in [0.2, 0.25) is 0 Å². The van der Waals surface area contributed by atoms with Crippen molar-refractivity contribution in [2.75, 3.05) is 13.1 Å². The minimum atomic E-state index is -0.601. The number of nitrogens with one attached hydrogen (secondary N) is 2. The largest absolute Gasteiger partial charge is 0.412 e. The van der Waals surface area contributed by atoms with Gasteiger partial charge in [0.05, 0.1) is 11.6 Å². The van der Waals surface area contributed by atoms with Crippen molar-refractivity contribution in [3.63, 3.8) is 0 Å². The Labute approximate surface area is 210 Å². The smallest absolute Gasteiger partial charge is 0.410 e. The fourth-order valence-electron chi connectivity index (χ4n) is 3.91. The van der Waals surface area contributed by atoms with E-state index in [1.165, 1.54) is 0 Å². The zero-order valence-electron chi connectivity index (χ0n) is 19.1. The molecule has 2 N–H and O–H groups in total. The van der Waals surface area contributed by atoms with Crippen LogP contribution in [-0.2, 0) is 0 Å². The van der Waals surface area contributed by atoms with E-state index >= 15 is 0 Å².